The molecule has 0 aliphatic heterocycles. The molecule has 24 heavy (non-hydrogen) atoms. The van der Waals surface area contributed by atoms with Crippen molar-refractivity contribution in [1.82, 2.24) is 5.32 Å². The number of halogens is 1. The lowest BCUT2D eigenvalue weighted by atomic mass is 10.1. The third kappa shape index (κ3) is 5.21. The van der Waals surface area contributed by atoms with Gasteiger partial charge in [0.25, 0.3) is 0 Å². The molecule has 0 radical (unpaired) electrons. The standard InChI is InChI=1S/C17H18BrN3O2S/c1-23-15-7-4-13(18)10-12(15)8-9-20-17(24)21-14-5-2-11(3-6-14)16(19)22/h2-7,10H,8-9H2,1H3,(H2,19,22)(H2,20,21,24). The largest absolute Gasteiger partial charge is 0.496 e. The number of nitrogens with one attached hydrogen (secondary N) is 2. The molecule has 126 valence electrons. The molecule has 1 amide bonds. The number of methoxy groups -OCH3 is 1. The molecule has 2 aromatic rings. The lowest BCUT2D eigenvalue weighted by Gasteiger charge is -2.12. The van der Waals surface area contributed by atoms with E-state index in [9.17, 15) is 4.79 Å². The number of carbonyl (C=O) groups excluding carboxylic acids is 1. The first kappa shape index (κ1) is 18.2. The molecular weight excluding hydrogens is 390 g/mol. The van der Waals surface area contributed by atoms with E-state index in [1.54, 1.807) is 31.4 Å². The fourth-order valence-electron chi connectivity index (χ4n) is 2.15. The molecule has 0 heterocycles. The van der Waals surface area contributed by atoms with Gasteiger partial charge in [-0.2, -0.15) is 0 Å². The third-order valence-electron chi connectivity index (χ3n) is 3.35. The monoisotopic (exact) mass is 407 g/mol. The van der Waals surface area contributed by atoms with Crippen LogP contribution in [0.5, 0.6) is 5.75 Å². The lowest BCUT2D eigenvalue weighted by molar-refractivity contribution is 0.100. The van der Waals surface area contributed by atoms with E-state index >= 15 is 0 Å². The van der Waals surface area contributed by atoms with Crippen LogP contribution in [0.2, 0.25) is 0 Å². The Bertz CT molecular complexity index is 735. The van der Waals surface area contributed by atoms with Gasteiger partial charge in [-0.3, -0.25) is 4.79 Å². The Balaban J connectivity index is 1.85. The second kappa shape index (κ2) is 8.65. The van der Waals surface area contributed by atoms with E-state index < -0.39 is 5.91 Å². The van der Waals surface area contributed by atoms with E-state index in [0.717, 1.165) is 27.9 Å². The SMILES string of the molecule is COc1ccc(Br)cc1CCNC(=S)Nc1ccc(C(N)=O)cc1. The Labute approximate surface area is 154 Å². The molecule has 0 aliphatic carbocycles. The smallest absolute Gasteiger partial charge is 0.248 e. The van der Waals surface area contributed by atoms with E-state index in [2.05, 4.69) is 26.6 Å². The first-order valence-corrected chi connectivity index (χ1v) is 8.47. The normalized spacial score (nSPS) is 10.1. The Morgan fingerprint density at radius 2 is 1.96 bits per heavy atom. The van der Waals surface area contributed by atoms with E-state index in [1.165, 1.54) is 0 Å². The maximum atomic E-state index is 11.0. The van der Waals surface area contributed by atoms with Crippen LogP contribution >= 0.6 is 28.1 Å². The highest BCUT2D eigenvalue weighted by Crippen LogP contribution is 2.23. The fraction of sp³-hybridized carbons (Fsp3) is 0.176. The van der Waals surface area contributed by atoms with E-state index in [-0.39, 0.29) is 0 Å². The molecule has 5 nitrogen and oxygen atoms in total. The summed E-state index contributed by atoms with van der Waals surface area (Å²) in [5, 5.41) is 6.72. The molecule has 0 spiro atoms. The van der Waals surface area contributed by atoms with Crippen LogP contribution in [0, 0.1) is 0 Å². The molecule has 4 N–H and O–H groups in total. The van der Waals surface area contributed by atoms with Crippen LogP contribution in [-0.4, -0.2) is 24.7 Å². The zero-order valence-corrected chi connectivity index (χ0v) is 15.5. The summed E-state index contributed by atoms with van der Waals surface area (Å²) in [6, 6.07) is 12.7. The van der Waals surface area contributed by atoms with Crippen molar-refractivity contribution in [3.05, 3.63) is 58.1 Å². The Morgan fingerprint density at radius 3 is 2.58 bits per heavy atom. The zero-order valence-electron chi connectivity index (χ0n) is 13.1. The molecule has 0 saturated heterocycles. The summed E-state index contributed by atoms with van der Waals surface area (Å²) in [7, 11) is 1.65. The average molecular weight is 408 g/mol. The van der Waals surface area contributed by atoms with Gasteiger partial charge in [-0.25, -0.2) is 0 Å². The summed E-state index contributed by atoms with van der Waals surface area (Å²) in [5.74, 6) is 0.395. The quantitative estimate of drug-likeness (QED) is 0.641. The highest BCUT2D eigenvalue weighted by atomic mass is 79.9. The topological polar surface area (TPSA) is 76.4 Å². The van der Waals surface area contributed by atoms with Gasteiger partial charge in [-0.1, -0.05) is 15.9 Å². The highest BCUT2D eigenvalue weighted by molar-refractivity contribution is 9.10. The van der Waals surface area contributed by atoms with Crippen LogP contribution in [0.15, 0.2) is 46.9 Å². The minimum Gasteiger partial charge on any atom is -0.496 e. The minimum atomic E-state index is -0.453. The van der Waals surface area contributed by atoms with Gasteiger partial charge in [0.2, 0.25) is 5.91 Å². The van der Waals surface area contributed by atoms with Crippen molar-refractivity contribution in [3.63, 3.8) is 0 Å². The van der Waals surface area contributed by atoms with E-state index in [4.69, 9.17) is 22.7 Å². The molecule has 0 atom stereocenters. The van der Waals surface area contributed by atoms with Crippen molar-refractivity contribution in [2.75, 3.05) is 19.0 Å². The molecule has 7 heteroatoms. The molecule has 0 aromatic heterocycles. The van der Waals surface area contributed by atoms with Crippen molar-refractivity contribution < 1.29 is 9.53 Å². The fourth-order valence-corrected chi connectivity index (χ4v) is 2.77. The molecule has 2 aromatic carbocycles. The van der Waals surface area contributed by atoms with Gasteiger partial charge in [-0.15, -0.1) is 0 Å². The maximum Gasteiger partial charge on any atom is 0.248 e. The number of anilines is 1. The summed E-state index contributed by atoms with van der Waals surface area (Å²) in [6.07, 6.45) is 0.769. The Morgan fingerprint density at radius 1 is 1.25 bits per heavy atom. The van der Waals surface area contributed by atoms with Crippen molar-refractivity contribution in [2.45, 2.75) is 6.42 Å². The summed E-state index contributed by atoms with van der Waals surface area (Å²) in [5.41, 5.74) is 7.55. The number of rotatable bonds is 6. The number of nitrogens with two attached hydrogens (primary N) is 1. The van der Waals surface area contributed by atoms with Crippen molar-refractivity contribution in [2.24, 2.45) is 5.73 Å². The molecule has 0 saturated carbocycles. The molecule has 0 aliphatic rings. The lowest BCUT2D eigenvalue weighted by Crippen LogP contribution is -2.30. The van der Waals surface area contributed by atoms with Gasteiger partial charge in [0.15, 0.2) is 5.11 Å². The van der Waals surface area contributed by atoms with Crippen molar-refractivity contribution >= 4 is 44.9 Å². The predicted octanol–water partition coefficient (Wildman–Crippen LogP) is 3.09. The number of hydrogen-bond acceptors (Lipinski definition) is 3. The average Bonchev–Trinajstić information content (AvgIpc) is 2.55. The number of carbonyl (C=O) groups is 1. The Hall–Kier alpha value is -2.12. The summed E-state index contributed by atoms with van der Waals surface area (Å²) in [4.78, 5) is 11.0. The number of ether oxygens (including phenoxy) is 1. The van der Waals surface area contributed by atoms with Crippen LogP contribution in [0.1, 0.15) is 15.9 Å². The van der Waals surface area contributed by atoms with Crippen LogP contribution in [0.3, 0.4) is 0 Å². The summed E-state index contributed by atoms with van der Waals surface area (Å²) in [6.45, 7) is 0.665. The van der Waals surface area contributed by atoms with Gasteiger partial charge in [0.1, 0.15) is 5.75 Å². The van der Waals surface area contributed by atoms with Crippen LogP contribution in [-0.2, 0) is 6.42 Å². The van der Waals surface area contributed by atoms with Crippen LogP contribution < -0.4 is 21.1 Å². The zero-order chi connectivity index (χ0) is 17.5. The molecule has 0 unspecified atom stereocenters. The van der Waals surface area contributed by atoms with Crippen molar-refractivity contribution in [3.8, 4) is 5.75 Å². The predicted molar refractivity (Wildman–Crippen MR) is 104 cm³/mol. The first-order valence-electron chi connectivity index (χ1n) is 7.26. The number of amides is 1. The molecule has 2 rings (SSSR count). The van der Waals surface area contributed by atoms with Gasteiger partial charge >= 0.3 is 0 Å². The van der Waals surface area contributed by atoms with Gasteiger partial charge in [0.05, 0.1) is 7.11 Å². The number of primary amides is 1. The number of benzene rings is 2. The highest BCUT2D eigenvalue weighted by Gasteiger charge is 2.05. The maximum absolute atomic E-state index is 11.0. The van der Waals surface area contributed by atoms with Gasteiger partial charge in [-0.05, 0) is 66.7 Å². The minimum absolute atomic E-state index is 0.453. The van der Waals surface area contributed by atoms with Crippen LogP contribution in [0.4, 0.5) is 5.69 Å². The molecular formula is C17H18BrN3O2S. The molecule has 0 fully saturated rings. The number of thiocarbonyl (C=S) groups is 1. The van der Waals surface area contributed by atoms with E-state index in [1.807, 2.05) is 18.2 Å². The summed E-state index contributed by atoms with van der Waals surface area (Å²) >= 11 is 8.73. The first-order chi connectivity index (χ1) is 11.5. The van der Waals surface area contributed by atoms with Gasteiger partial charge < -0.3 is 21.1 Å². The molecule has 0 bridgehead atoms. The third-order valence-corrected chi connectivity index (χ3v) is 4.09. The summed E-state index contributed by atoms with van der Waals surface area (Å²) < 4.78 is 6.36. The van der Waals surface area contributed by atoms with Crippen molar-refractivity contribution in [1.29, 1.82) is 0 Å². The van der Waals surface area contributed by atoms with Crippen LogP contribution in [0.25, 0.3) is 0 Å². The van der Waals surface area contributed by atoms with E-state index in [0.29, 0.717) is 17.2 Å². The van der Waals surface area contributed by atoms with Gasteiger partial charge in [0, 0.05) is 22.3 Å². The second-order valence-electron chi connectivity index (χ2n) is 5.03. The second-order valence-corrected chi connectivity index (χ2v) is 6.35. The Kier molecular flexibility index (Phi) is 6.57. The number of hydrogen-bond donors (Lipinski definition) is 3.